The van der Waals surface area contributed by atoms with Gasteiger partial charge in [0.2, 0.25) is 0 Å². The molecule has 2 rings (SSSR count). The molecule has 0 atom stereocenters. The van der Waals surface area contributed by atoms with Gasteiger partial charge in [0.25, 0.3) is 5.56 Å². The first-order chi connectivity index (χ1) is 7.20. The van der Waals surface area contributed by atoms with Gasteiger partial charge in [-0.15, -0.1) is 0 Å². The Morgan fingerprint density at radius 3 is 2.60 bits per heavy atom. The minimum absolute atomic E-state index is 0.157. The molecule has 2 heterocycles. The summed E-state index contributed by atoms with van der Waals surface area (Å²) in [4.78, 5) is 19.5. The lowest BCUT2D eigenvalue weighted by Crippen LogP contribution is -2.20. The smallest absolute Gasteiger partial charge is 0.267 e. The highest BCUT2D eigenvalue weighted by molar-refractivity contribution is 5.78. The van der Waals surface area contributed by atoms with Crippen LogP contribution in [0.5, 0.6) is 0 Å². The molecular formula is C10H14N4O. The van der Waals surface area contributed by atoms with Gasteiger partial charge in [-0.25, -0.2) is 14.6 Å². The summed E-state index contributed by atoms with van der Waals surface area (Å²) in [5, 5.41) is 4.40. The fourth-order valence-corrected chi connectivity index (χ4v) is 1.21. The van der Waals surface area contributed by atoms with Gasteiger partial charge >= 0.3 is 0 Å². The van der Waals surface area contributed by atoms with Crippen LogP contribution in [0, 0.1) is 6.92 Å². The van der Waals surface area contributed by atoms with Crippen molar-refractivity contribution in [3.05, 3.63) is 28.6 Å². The van der Waals surface area contributed by atoms with Gasteiger partial charge in [-0.05, 0) is 6.92 Å². The standard InChI is InChI=1S/C8H8N4O.C2H6/c1-5-7-6(10-4-9-5)3-11-12(2)8(7)13;1-2/h3-4H,1-2H3;1-2H3. The summed E-state index contributed by atoms with van der Waals surface area (Å²) in [6.07, 6.45) is 2.99. The monoisotopic (exact) mass is 206 g/mol. The van der Waals surface area contributed by atoms with E-state index in [4.69, 9.17) is 0 Å². The van der Waals surface area contributed by atoms with Crippen LogP contribution in [0.2, 0.25) is 0 Å². The van der Waals surface area contributed by atoms with E-state index in [1.54, 1.807) is 20.2 Å². The Labute approximate surface area is 87.8 Å². The molecule has 0 amide bonds. The molecule has 0 saturated carbocycles. The predicted octanol–water partition coefficient (Wildman–Crippen LogP) is 1.06. The number of rotatable bonds is 0. The molecule has 5 heteroatoms. The van der Waals surface area contributed by atoms with E-state index in [-0.39, 0.29) is 5.56 Å². The average Bonchev–Trinajstić information content (AvgIpc) is 2.26. The fourth-order valence-electron chi connectivity index (χ4n) is 1.21. The maximum atomic E-state index is 11.6. The molecule has 0 fully saturated rings. The van der Waals surface area contributed by atoms with Crippen molar-refractivity contribution in [2.24, 2.45) is 7.05 Å². The molecule has 15 heavy (non-hydrogen) atoms. The van der Waals surface area contributed by atoms with Crippen molar-refractivity contribution in [1.29, 1.82) is 0 Å². The van der Waals surface area contributed by atoms with E-state index < -0.39 is 0 Å². The number of aryl methyl sites for hydroxylation is 2. The Kier molecular flexibility index (Phi) is 3.49. The van der Waals surface area contributed by atoms with Gasteiger partial charge in [-0.3, -0.25) is 4.79 Å². The highest BCUT2D eigenvalue weighted by atomic mass is 16.1. The summed E-state index contributed by atoms with van der Waals surface area (Å²) < 4.78 is 1.28. The number of fused-ring (bicyclic) bond motifs is 1. The molecule has 0 saturated heterocycles. The zero-order valence-electron chi connectivity index (χ0n) is 9.35. The lowest BCUT2D eigenvalue weighted by atomic mass is 10.3. The van der Waals surface area contributed by atoms with Crippen LogP contribution in [-0.2, 0) is 7.05 Å². The summed E-state index contributed by atoms with van der Waals surface area (Å²) in [6, 6.07) is 0. The molecule has 0 bridgehead atoms. The van der Waals surface area contributed by atoms with Crippen LogP contribution < -0.4 is 5.56 Å². The Balaban J connectivity index is 0.000000531. The van der Waals surface area contributed by atoms with Gasteiger partial charge in [0.1, 0.15) is 6.33 Å². The second-order valence-corrected chi connectivity index (χ2v) is 2.79. The topological polar surface area (TPSA) is 60.7 Å². The van der Waals surface area contributed by atoms with Crippen LogP contribution in [0.1, 0.15) is 19.5 Å². The van der Waals surface area contributed by atoms with E-state index in [1.807, 2.05) is 13.8 Å². The van der Waals surface area contributed by atoms with Gasteiger partial charge in [-0.1, -0.05) is 13.8 Å². The Morgan fingerprint density at radius 1 is 1.27 bits per heavy atom. The lowest BCUT2D eigenvalue weighted by Gasteiger charge is -2.00. The predicted molar refractivity (Wildman–Crippen MR) is 58.7 cm³/mol. The van der Waals surface area contributed by atoms with Gasteiger partial charge < -0.3 is 0 Å². The second-order valence-electron chi connectivity index (χ2n) is 2.79. The van der Waals surface area contributed by atoms with Crippen molar-refractivity contribution >= 4 is 10.9 Å². The largest absolute Gasteiger partial charge is 0.277 e. The van der Waals surface area contributed by atoms with Crippen molar-refractivity contribution < 1.29 is 0 Å². The maximum Gasteiger partial charge on any atom is 0.277 e. The number of aromatic nitrogens is 4. The molecular weight excluding hydrogens is 192 g/mol. The van der Waals surface area contributed by atoms with Crippen LogP contribution in [0.15, 0.2) is 17.3 Å². The molecule has 0 aromatic carbocycles. The van der Waals surface area contributed by atoms with E-state index in [9.17, 15) is 4.79 Å². The number of hydrogen-bond donors (Lipinski definition) is 0. The fraction of sp³-hybridized carbons (Fsp3) is 0.400. The van der Waals surface area contributed by atoms with Crippen molar-refractivity contribution in [3.63, 3.8) is 0 Å². The van der Waals surface area contributed by atoms with E-state index in [1.165, 1.54) is 11.0 Å². The van der Waals surface area contributed by atoms with Crippen molar-refractivity contribution in [1.82, 2.24) is 19.7 Å². The van der Waals surface area contributed by atoms with E-state index in [0.717, 1.165) is 0 Å². The minimum atomic E-state index is -0.157. The van der Waals surface area contributed by atoms with Crippen molar-refractivity contribution in [2.75, 3.05) is 0 Å². The second kappa shape index (κ2) is 4.63. The highest BCUT2D eigenvalue weighted by Crippen LogP contribution is 2.05. The van der Waals surface area contributed by atoms with Crippen LogP contribution in [0.25, 0.3) is 10.9 Å². The summed E-state index contributed by atoms with van der Waals surface area (Å²) in [5.41, 5.74) is 1.12. The van der Waals surface area contributed by atoms with E-state index in [0.29, 0.717) is 16.6 Å². The van der Waals surface area contributed by atoms with Gasteiger partial charge in [0.15, 0.2) is 0 Å². The SMILES string of the molecule is CC.Cc1ncnc2cnn(C)c(=O)c12. The molecule has 0 aliphatic carbocycles. The van der Waals surface area contributed by atoms with Crippen LogP contribution in [0.4, 0.5) is 0 Å². The summed E-state index contributed by atoms with van der Waals surface area (Å²) in [5.74, 6) is 0. The average molecular weight is 206 g/mol. The quantitative estimate of drug-likeness (QED) is 0.646. The molecule has 0 aliphatic heterocycles. The molecule has 0 aliphatic rings. The highest BCUT2D eigenvalue weighted by Gasteiger charge is 2.05. The third-order valence-corrected chi connectivity index (χ3v) is 1.93. The van der Waals surface area contributed by atoms with Crippen LogP contribution in [-0.4, -0.2) is 19.7 Å². The summed E-state index contributed by atoms with van der Waals surface area (Å²) in [6.45, 7) is 5.78. The first-order valence-electron chi connectivity index (χ1n) is 4.84. The van der Waals surface area contributed by atoms with E-state index >= 15 is 0 Å². The molecule has 0 radical (unpaired) electrons. The van der Waals surface area contributed by atoms with Gasteiger partial charge in [0.05, 0.1) is 22.8 Å². The Morgan fingerprint density at radius 2 is 1.93 bits per heavy atom. The number of hydrogen-bond acceptors (Lipinski definition) is 4. The molecule has 0 unspecified atom stereocenters. The summed E-state index contributed by atoms with van der Waals surface area (Å²) in [7, 11) is 1.61. The normalized spacial score (nSPS) is 9.60. The van der Waals surface area contributed by atoms with Crippen molar-refractivity contribution in [3.8, 4) is 0 Å². The molecule has 2 aromatic rings. The van der Waals surface area contributed by atoms with Crippen LogP contribution in [0.3, 0.4) is 0 Å². The maximum absolute atomic E-state index is 11.6. The molecule has 0 spiro atoms. The van der Waals surface area contributed by atoms with Gasteiger partial charge in [0, 0.05) is 7.05 Å². The summed E-state index contributed by atoms with van der Waals surface area (Å²) >= 11 is 0. The zero-order chi connectivity index (χ0) is 11.4. The van der Waals surface area contributed by atoms with Crippen LogP contribution >= 0.6 is 0 Å². The Bertz CT molecular complexity index is 518. The molecule has 2 aromatic heterocycles. The van der Waals surface area contributed by atoms with E-state index in [2.05, 4.69) is 15.1 Å². The van der Waals surface area contributed by atoms with Gasteiger partial charge in [-0.2, -0.15) is 5.10 Å². The first kappa shape index (κ1) is 11.3. The zero-order valence-corrected chi connectivity index (χ0v) is 9.35. The van der Waals surface area contributed by atoms with Crippen molar-refractivity contribution in [2.45, 2.75) is 20.8 Å². The third kappa shape index (κ3) is 2.01. The molecule has 5 nitrogen and oxygen atoms in total. The molecule has 80 valence electrons. The third-order valence-electron chi connectivity index (χ3n) is 1.93. The molecule has 0 N–H and O–H groups in total. The first-order valence-corrected chi connectivity index (χ1v) is 4.84. The Hall–Kier alpha value is -1.78. The minimum Gasteiger partial charge on any atom is -0.267 e. The lowest BCUT2D eigenvalue weighted by molar-refractivity contribution is 0.715. The number of nitrogens with zero attached hydrogens (tertiary/aromatic N) is 4.